The molecule has 0 saturated heterocycles. The van der Waals surface area contributed by atoms with Crippen LogP contribution < -0.4 is 0 Å². The highest BCUT2D eigenvalue weighted by atomic mass is 35.5. The molecular weight excluding hydrogens is 264 g/mol. The monoisotopic (exact) mass is 272 g/mol. The fourth-order valence-electron chi connectivity index (χ4n) is 1.69. The van der Waals surface area contributed by atoms with Crippen LogP contribution in [-0.4, -0.2) is 9.97 Å². The first-order valence-electron chi connectivity index (χ1n) is 5.45. The Morgan fingerprint density at radius 3 is 2.72 bits per heavy atom. The maximum absolute atomic E-state index is 6.17. The Kier molecular flexibility index (Phi) is 3.09. The van der Waals surface area contributed by atoms with Gasteiger partial charge in [0.15, 0.2) is 0 Å². The molecule has 18 heavy (non-hydrogen) atoms. The van der Waals surface area contributed by atoms with Crippen LogP contribution in [0.1, 0.15) is 0 Å². The molecule has 3 aromatic rings. The van der Waals surface area contributed by atoms with E-state index in [0.717, 1.165) is 26.9 Å². The van der Waals surface area contributed by atoms with E-state index in [1.165, 1.54) is 0 Å². The van der Waals surface area contributed by atoms with Crippen LogP contribution in [0.25, 0.3) is 21.8 Å². The van der Waals surface area contributed by atoms with E-state index < -0.39 is 0 Å². The first-order valence-corrected chi connectivity index (χ1v) is 6.71. The molecule has 0 bridgehead atoms. The van der Waals surface area contributed by atoms with Gasteiger partial charge in [-0.05, 0) is 18.2 Å². The third-order valence-corrected chi connectivity index (χ3v) is 3.78. The van der Waals surface area contributed by atoms with Crippen molar-refractivity contribution in [1.29, 1.82) is 0 Å². The van der Waals surface area contributed by atoms with Gasteiger partial charge in [-0.25, -0.2) is 4.98 Å². The zero-order valence-electron chi connectivity index (χ0n) is 9.38. The van der Waals surface area contributed by atoms with Crippen LogP contribution in [0.5, 0.6) is 0 Å². The number of hydrogen-bond acceptors (Lipinski definition) is 3. The van der Waals surface area contributed by atoms with Gasteiger partial charge in [0.2, 0.25) is 0 Å². The van der Waals surface area contributed by atoms with E-state index in [2.05, 4.69) is 9.97 Å². The molecule has 2 heterocycles. The lowest BCUT2D eigenvalue weighted by atomic mass is 10.2. The molecule has 0 spiro atoms. The molecule has 2 aromatic heterocycles. The summed E-state index contributed by atoms with van der Waals surface area (Å²) in [6, 6.07) is 11.6. The number of benzene rings is 1. The highest BCUT2D eigenvalue weighted by Crippen LogP contribution is 2.31. The lowest BCUT2D eigenvalue weighted by Gasteiger charge is -1.99. The first-order chi connectivity index (χ1) is 8.84. The maximum Gasteiger partial charge on any atom is 0.125 e. The summed E-state index contributed by atoms with van der Waals surface area (Å²) in [4.78, 5) is 8.71. The fraction of sp³-hybridized carbons (Fsp3) is 0. The standard InChI is InChI=1S/C14H9ClN2S/c15-12-6-2-1-5-11(12)13-9-18-14(17-13)10-4-3-7-16-8-10/h1-9H. The van der Waals surface area contributed by atoms with Crippen molar-refractivity contribution in [3.8, 4) is 21.8 Å². The molecule has 3 rings (SSSR count). The van der Waals surface area contributed by atoms with E-state index >= 15 is 0 Å². The molecule has 0 aliphatic carbocycles. The fourth-order valence-corrected chi connectivity index (χ4v) is 2.73. The Hall–Kier alpha value is -1.71. The predicted molar refractivity (Wildman–Crippen MR) is 75.8 cm³/mol. The third kappa shape index (κ3) is 2.15. The number of nitrogens with zero attached hydrogens (tertiary/aromatic N) is 2. The molecule has 0 radical (unpaired) electrons. The summed E-state index contributed by atoms with van der Waals surface area (Å²) in [5, 5.41) is 3.70. The second-order valence-electron chi connectivity index (χ2n) is 3.76. The second kappa shape index (κ2) is 4.88. The van der Waals surface area contributed by atoms with Gasteiger partial charge >= 0.3 is 0 Å². The zero-order chi connectivity index (χ0) is 12.4. The highest BCUT2D eigenvalue weighted by Gasteiger charge is 2.08. The normalized spacial score (nSPS) is 10.5. The number of thiazole rings is 1. The summed E-state index contributed by atoms with van der Waals surface area (Å²) in [6.07, 6.45) is 3.57. The molecule has 0 atom stereocenters. The number of hydrogen-bond donors (Lipinski definition) is 0. The molecule has 0 aliphatic rings. The van der Waals surface area contributed by atoms with Gasteiger partial charge in [0.05, 0.1) is 5.69 Å². The summed E-state index contributed by atoms with van der Waals surface area (Å²) in [5.74, 6) is 0. The summed E-state index contributed by atoms with van der Waals surface area (Å²) in [7, 11) is 0. The Balaban J connectivity index is 2.03. The summed E-state index contributed by atoms with van der Waals surface area (Å²) < 4.78 is 0. The smallest absolute Gasteiger partial charge is 0.125 e. The van der Waals surface area contributed by atoms with E-state index in [9.17, 15) is 0 Å². The second-order valence-corrected chi connectivity index (χ2v) is 5.02. The Labute approximate surface area is 114 Å². The van der Waals surface area contributed by atoms with Crippen LogP contribution in [0.3, 0.4) is 0 Å². The Morgan fingerprint density at radius 1 is 1.06 bits per heavy atom. The SMILES string of the molecule is Clc1ccccc1-c1csc(-c2cccnc2)n1. The van der Waals surface area contributed by atoms with E-state index in [1.54, 1.807) is 17.5 Å². The van der Waals surface area contributed by atoms with Gasteiger partial charge in [-0.15, -0.1) is 11.3 Å². The van der Waals surface area contributed by atoms with E-state index in [-0.39, 0.29) is 0 Å². The number of rotatable bonds is 2. The van der Waals surface area contributed by atoms with Crippen molar-refractivity contribution in [3.63, 3.8) is 0 Å². The van der Waals surface area contributed by atoms with Gasteiger partial charge in [-0.3, -0.25) is 4.98 Å². The molecule has 4 heteroatoms. The van der Waals surface area contributed by atoms with Crippen molar-refractivity contribution < 1.29 is 0 Å². The number of pyridine rings is 1. The average Bonchev–Trinajstić information content (AvgIpc) is 2.90. The van der Waals surface area contributed by atoms with Gasteiger partial charge in [0.1, 0.15) is 5.01 Å². The molecule has 0 fully saturated rings. The lowest BCUT2D eigenvalue weighted by molar-refractivity contribution is 1.31. The van der Waals surface area contributed by atoms with Gasteiger partial charge in [-0.1, -0.05) is 29.8 Å². The molecule has 1 aromatic carbocycles. The number of aromatic nitrogens is 2. The van der Waals surface area contributed by atoms with Crippen LogP contribution in [0, 0.1) is 0 Å². The largest absolute Gasteiger partial charge is 0.264 e. The van der Waals surface area contributed by atoms with Gasteiger partial charge in [0.25, 0.3) is 0 Å². The van der Waals surface area contributed by atoms with E-state index in [1.807, 2.05) is 48.0 Å². The van der Waals surface area contributed by atoms with Crippen molar-refractivity contribution in [1.82, 2.24) is 9.97 Å². The minimum atomic E-state index is 0.723. The molecule has 0 aliphatic heterocycles. The van der Waals surface area contributed by atoms with Crippen LogP contribution in [0.4, 0.5) is 0 Å². The van der Waals surface area contributed by atoms with Crippen LogP contribution >= 0.6 is 22.9 Å². The van der Waals surface area contributed by atoms with Crippen LogP contribution in [0.15, 0.2) is 54.2 Å². The Morgan fingerprint density at radius 2 is 1.94 bits per heavy atom. The lowest BCUT2D eigenvalue weighted by Crippen LogP contribution is -1.81. The molecule has 0 unspecified atom stereocenters. The van der Waals surface area contributed by atoms with Crippen LogP contribution in [-0.2, 0) is 0 Å². The van der Waals surface area contributed by atoms with Crippen molar-refractivity contribution in [2.45, 2.75) is 0 Å². The minimum Gasteiger partial charge on any atom is -0.264 e. The maximum atomic E-state index is 6.17. The minimum absolute atomic E-state index is 0.723. The quantitative estimate of drug-likeness (QED) is 0.685. The summed E-state index contributed by atoms with van der Waals surface area (Å²) in [6.45, 7) is 0. The van der Waals surface area contributed by atoms with Gasteiger partial charge in [0, 0.05) is 33.9 Å². The average molecular weight is 273 g/mol. The molecule has 0 amide bonds. The van der Waals surface area contributed by atoms with Gasteiger partial charge in [-0.2, -0.15) is 0 Å². The molecule has 0 saturated carbocycles. The van der Waals surface area contributed by atoms with Crippen molar-refractivity contribution >= 4 is 22.9 Å². The van der Waals surface area contributed by atoms with Gasteiger partial charge < -0.3 is 0 Å². The zero-order valence-corrected chi connectivity index (χ0v) is 10.9. The van der Waals surface area contributed by atoms with Crippen LogP contribution in [0.2, 0.25) is 5.02 Å². The molecule has 2 nitrogen and oxygen atoms in total. The summed E-state index contributed by atoms with van der Waals surface area (Å²) in [5.41, 5.74) is 2.90. The molecule has 88 valence electrons. The Bertz CT molecular complexity index is 664. The van der Waals surface area contributed by atoms with E-state index in [4.69, 9.17) is 11.6 Å². The highest BCUT2D eigenvalue weighted by molar-refractivity contribution is 7.13. The topological polar surface area (TPSA) is 25.8 Å². The van der Waals surface area contributed by atoms with E-state index in [0.29, 0.717) is 0 Å². The molecule has 0 N–H and O–H groups in total. The summed E-state index contributed by atoms with van der Waals surface area (Å²) >= 11 is 7.76. The predicted octanol–water partition coefficient (Wildman–Crippen LogP) is 4.53. The van der Waals surface area contributed by atoms with Crippen molar-refractivity contribution in [2.75, 3.05) is 0 Å². The van der Waals surface area contributed by atoms with Crippen molar-refractivity contribution in [3.05, 3.63) is 59.2 Å². The van der Waals surface area contributed by atoms with Crippen molar-refractivity contribution in [2.24, 2.45) is 0 Å². The first kappa shape index (κ1) is 11.4. The molecular formula is C14H9ClN2S. The third-order valence-electron chi connectivity index (χ3n) is 2.56. The number of halogens is 1.